The smallest absolute Gasteiger partial charge is 0.261 e. The van der Waals surface area contributed by atoms with E-state index in [4.69, 9.17) is 16.3 Å². The highest BCUT2D eigenvalue weighted by Crippen LogP contribution is 2.38. The summed E-state index contributed by atoms with van der Waals surface area (Å²) >= 11 is 7.97. The Morgan fingerprint density at radius 1 is 1.24 bits per heavy atom. The first kappa shape index (κ1) is 15.1. The molecule has 0 spiro atoms. The minimum absolute atomic E-state index is 0.178. The molecule has 1 aliphatic carbocycles. The van der Waals surface area contributed by atoms with Crippen LogP contribution in [-0.4, -0.2) is 29.6 Å². The van der Waals surface area contributed by atoms with Gasteiger partial charge in [-0.25, -0.2) is 18.7 Å². The molecule has 7 heteroatoms. The summed E-state index contributed by atoms with van der Waals surface area (Å²) in [5, 5.41) is 1.46. The number of aryl methyl sites for hydroxylation is 2. The Labute approximate surface area is 130 Å². The van der Waals surface area contributed by atoms with E-state index in [0.29, 0.717) is 17.4 Å². The average molecular weight is 333 g/mol. The number of alkyl halides is 2. The van der Waals surface area contributed by atoms with E-state index in [1.165, 1.54) is 23.3 Å². The molecule has 0 aromatic carbocycles. The summed E-state index contributed by atoms with van der Waals surface area (Å²) in [6.07, 6.45) is 2.46. The third-order valence-corrected chi connectivity index (χ3v) is 4.99. The average Bonchev–Trinajstić information content (AvgIpc) is 2.82. The highest BCUT2D eigenvalue weighted by atomic mass is 35.5. The van der Waals surface area contributed by atoms with E-state index in [9.17, 15) is 8.78 Å². The topological polar surface area (TPSA) is 35.0 Å². The Bertz CT molecular complexity index is 647. The molecule has 1 aliphatic rings. The molecule has 3 rings (SSSR count). The van der Waals surface area contributed by atoms with Crippen molar-refractivity contribution in [3.63, 3.8) is 0 Å². The SMILES string of the molecule is FC(F)COCCc1nc(Cl)c2c3c(sc2n1)CCCC3. The van der Waals surface area contributed by atoms with E-state index < -0.39 is 13.0 Å². The zero-order chi connectivity index (χ0) is 14.8. The van der Waals surface area contributed by atoms with Crippen LogP contribution in [0.25, 0.3) is 10.2 Å². The maximum atomic E-state index is 12.0. The second kappa shape index (κ2) is 6.50. The number of halogens is 3. The number of thiophene rings is 1. The summed E-state index contributed by atoms with van der Waals surface area (Å²) in [6, 6.07) is 0. The van der Waals surface area contributed by atoms with Crippen LogP contribution in [0.1, 0.15) is 29.1 Å². The van der Waals surface area contributed by atoms with Gasteiger partial charge in [-0.15, -0.1) is 11.3 Å². The molecule has 0 atom stereocenters. The third-order valence-electron chi connectivity index (χ3n) is 3.53. The molecule has 0 saturated carbocycles. The Kier molecular flexibility index (Phi) is 4.66. The van der Waals surface area contributed by atoms with Gasteiger partial charge in [0.2, 0.25) is 0 Å². The van der Waals surface area contributed by atoms with Crippen molar-refractivity contribution in [2.24, 2.45) is 0 Å². The summed E-state index contributed by atoms with van der Waals surface area (Å²) in [5.41, 5.74) is 1.30. The second-order valence-electron chi connectivity index (χ2n) is 5.04. The summed E-state index contributed by atoms with van der Waals surface area (Å²) < 4.78 is 28.8. The Hall–Kier alpha value is -0.850. The van der Waals surface area contributed by atoms with Crippen LogP contribution in [0.3, 0.4) is 0 Å². The lowest BCUT2D eigenvalue weighted by Crippen LogP contribution is -2.08. The van der Waals surface area contributed by atoms with Gasteiger partial charge >= 0.3 is 0 Å². The van der Waals surface area contributed by atoms with Crippen molar-refractivity contribution in [3.05, 3.63) is 21.4 Å². The van der Waals surface area contributed by atoms with E-state index >= 15 is 0 Å². The van der Waals surface area contributed by atoms with Crippen molar-refractivity contribution in [1.82, 2.24) is 9.97 Å². The molecular formula is C14H15ClF2N2OS. The van der Waals surface area contributed by atoms with Gasteiger partial charge in [0.05, 0.1) is 12.0 Å². The molecule has 0 amide bonds. The molecule has 0 saturated heterocycles. The van der Waals surface area contributed by atoms with Crippen molar-refractivity contribution in [3.8, 4) is 0 Å². The number of hydrogen-bond donors (Lipinski definition) is 0. The van der Waals surface area contributed by atoms with Crippen LogP contribution in [0.2, 0.25) is 5.15 Å². The molecule has 2 heterocycles. The quantitative estimate of drug-likeness (QED) is 0.612. The minimum atomic E-state index is -2.44. The number of nitrogens with zero attached hydrogens (tertiary/aromatic N) is 2. The largest absolute Gasteiger partial charge is 0.375 e. The molecular weight excluding hydrogens is 318 g/mol. The molecule has 21 heavy (non-hydrogen) atoms. The van der Waals surface area contributed by atoms with Gasteiger partial charge in [-0.1, -0.05) is 11.6 Å². The first-order chi connectivity index (χ1) is 10.1. The minimum Gasteiger partial charge on any atom is -0.375 e. The Morgan fingerprint density at radius 3 is 2.86 bits per heavy atom. The van der Waals surface area contributed by atoms with Crippen LogP contribution in [0, 0.1) is 0 Å². The maximum absolute atomic E-state index is 12.0. The molecule has 2 aromatic rings. The highest BCUT2D eigenvalue weighted by molar-refractivity contribution is 7.19. The summed E-state index contributed by atoms with van der Waals surface area (Å²) in [7, 11) is 0. The number of ether oxygens (including phenoxy) is 1. The van der Waals surface area contributed by atoms with Crippen LogP contribution < -0.4 is 0 Å². The van der Waals surface area contributed by atoms with Crippen molar-refractivity contribution in [1.29, 1.82) is 0 Å². The van der Waals surface area contributed by atoms with Gasteiger partial charge in [0, 0.05) is 11.3 Å². The van der Waals surface area contributed by atoms with Crippen LogP contribution in [0.5, 0.6) is 0 Å². The van der Waals surface area contributed by atoms with Gasteiger partial charge in [0.1, 0.15) is 22.4 Å². The molecule has 2 aromatic heterocycles. The molecule has 114 valence electrons. The lowest BCUT2D eigenvalue weighted by molar-refractivity contribution is 0.0183. The van der Waals surface area contributed by atoms with Gasteiger partial charge < -0.3 is 4.74 Å². The van der Waals surface area contributed by atoms with Gasteiger partial charge in [-0.05, 0) is 31.2 Å². The Morgan fingerprint density at radius 2 is 2.05 bits per heavy atom. The fourth-order valence-corrected chi connectivity index (χ4v) is 4.24. The van der Waals surface area contributed by atoms with Crippen molar-refractivity contribution in [2.75, 3.05) is 13.2 Å². The van der Waals surface area contributed by atoms with Crippen molar-refractivity contribution in [2.45, 2.75) is 38.5 Å². The molecule has 3 nitrogen and oxygen atoms in total. The first-order valence-corrected chi connectivity index (χ1v) is 8.17. The Balaban J connectivity index is 1.79. The molecule has 0 aliphatic heterocycles. The number of aromatic nitrogens is 2. The predicted octanol–water partition coefficient (Wildman–Crippen LogP) is 4.05. The monoisotopic (exact) mass is 332 g/mol. The van der Waals surface area contributed by atoms with E-state index in [2.05, 4.69) is 9.97 Å². The van der Waals surface area contributed by atoms with Crippen molar-refractivity contribution < 1.29 is 13.5 Å². The highest BCUT2D eigenvalue weighted by Gasteiger charge is 2.20. The molecule has 0 unspecified atom stereocenters. The predicted molar refractivity (Wildman–Crippen MR) is 79.6 cm³/mol. The number of rotatable bonds is 5. The zero-order valence-corrected chi connectivity index (χ0v) is 12.9. The van der Waals surface area contributed by atoms with E-state index in [1.807, 2.05) is 0 Å². The maximum Gasteiger partial charge on any atom is 0.261 e. The fraction of sp³-hybridized carbons (Fsp3) is 0.571. The van der Waals surface area contributed by atoms with Gasteiger partial charge in [0.15, 0.2) is 0 Å². The van der Waals surface area contributed by atoms with Crippen LogP contribution >= 0.6 is 22.9 Å². The zero-order valence-electron chi connectivity index (χ0n) is 11.4. The standard InChI is InChI=1S/C14H15ClF2N2OS/c15-13-12-8-3-1-2-4-9(8)21-14(12)19-11(18-13)5-6-20-7-10(16)17/h10H,1-7H2. The van der Waals surface area contributed by atoms with Crippen LogP contribution in [0.15, 0.2) is 0 Å². The first-order valence-electron chi connectivity index (χ1n) is 6.97. The summed E-state index contributed by atoms with van der Waals surface area (Å²) in [6.45, 7) is -0.374. The molecule has 0 radical (unpaired) electrons. The third kappa shape index (κ3) is 3.33. The van der Waals surface area contributed by atoms with E-state index in [0.717, 1.165) is 23.1 Å². The number of hydrogen-bond acceptors (Lipinski definition) is 4. The van der Waals surface area contributed by atoms with Crippen LogP contribution in [0.4, 0.5) is 8.78 Å². The van der Waals surface area contributed by atoms with Gasteiger partial charge in [-0.2, -0.15) is 0 Å². The van der Waals surface area contributed by atoms with Crippen molar-refractivity contribution >= 4 is 33.2 Å². The number of fused-ring (bicyclic) bond motifs is 3. The normalized spacial score (nSPS) is 14.9. The van der Waals surface area contributed by atoms with Gasteiger partial charge in [0.25, 0.3) is 6.43 Å². The van der Waals surface area contributed by atoms with Crippen LogP contribution in [-0.2, 0) is 24.0 Å². The summed E-state index contributed by atoms with van der Waals surface area (Å²) in [4.78, 5) is 11.1. The molecule has 0 bridgehead atoms. The van der Waals surface area contributed by atoms with E-state index in [1.54, 1.807) is 11.3 Å². The lowest BCUT2D eigenvalue weighted by atomic mass is 9.97. The molecule has 0 fully saturated rings. The fourth-order valence-electron chi connectivity index (χ4n) is 2.60. The van der Waals surface area contributed by atoms with Gasteiger partial charge in [-0.3, -0.25) is 0 Å². The molecule has 0 N–H and O–H groups in total. The summed E-state index contributed by atoms with van der Waals surface area (Å²) in [5.74, 6) is 0.556. The lowest BCUT2D eigenvalue weighted by Gasteiger charge is -2.10. The second-order valence-corrected chi connectivity index (χ2v) is 6.48. The van der Waals surface area contributed by atoms with E-state index in [-0.39, 0.29) is 6.61 Å².